The molecule has 0 aromatic heterocycles. The van der Waals surface area contributed by atoms with Crippen molar-refractivity contribution in [1.29, 1.82) is 0 Å². The highest BCUT2D eigenvalue weighted by Crippen LogP contribution is 2.35. The lowest BCUT2D eigenvalue weighted by Crippen LogP contribution is -2.10. The monoisotopic (exact) mass is 208 g/mol. The highest BCUT2D eigenvalue weighted by molar-refractivity contribution is 5.07. The van der Waals surface area contributed by atoms with Crippen LogP contribution in [0.2, 0.25) is 0 Å². The average Bonchev–Trinajstić information content (AvgIpc) is 2.47. The molecule has 0 atom stereocenters. The molecule has 0 heteroatoms. The van der Waals surface area contributed by atoms with Gasteiger partial charge in [0.2, 0.25) is 0 Å². The van der Waals surface area contributed by atoms with Gasteiger partial charge < -0.3 is 0 Å². The molecular formula is C15H28. The van der Waals surface area contributed by atoms with Gasteiger partial charge in [-0.15, -0.1) is 0 Å². The second-order valence-electron chi connectivity index (χ2n) is 4.45. The van der Waals surface area contributed by atoms with Crippen molar-refractivity contribution in [2.45, 2.75) is 66.2 Å². The van der Waals surface area contributed by atoms with E-state index < -0.39 is 0 Å². The summed E-state index contributed by atoms with van der Waals surface area (Å²) in [7, 11) is 0. The van der Waals surface area contributed by atoms with Gasteiger partial charge in [0.1, 0.15) is 0 Å². The Kier molecular flexibility index (Phi) is 8.46. The summed E-state index contributed by atoms with van der Waals surface area (Å²) in [6, 6.07) is 0. The molecule has 1 aliphatic rings. The minimum Gasteiger partial charge on any atom is -0.0877 e. The second-order valence-corrected chi connectivity index (χ2v) is 4.45. The van der Waals surface area contributed by atoms with Gasteiger partial charge in [-0.25, -0.2) is 0 Å². The van der Waals surface area contributed by atoms with Crippen LogP contribution < -0.4 is 0 Å². The van der Waals surface area contributed by atoms with Crippen LogP contribution in [0.4, 0.5) is 0 Å². The highest BCUT2D eigenvalue weighted by Gasteiger charge is 2.21. The molecule has 0 aromatic carbocycles. The normalized spacial score (nSPS) is 21.1. The summed E-state index contributed by atoms with van der Waals surface area (Å²) >= 11 is 0. The third-order valence-corrected chi connectivity index (χ3v) is 3.05. The summed E-state index contributed by atoms with van der Waals surface area (Å²) in [5.41, 5.74) is 0.482. The summed E-state index contributed by atoms with van der Waals surface area (Å²) in [6.45, 7) is 8.47. The van der Waals surface area contributed by atoms with E-state index in [0.29, 0.717) is 5.41 Å². The average molecular weight is 208 g/mol. The molecule has 0 aromatic rings. The van der Waals surface area contributed by atoms with Crippen LogP contribution in [0.5, 0.6) is 0 Å². The lowest BCUT2D eigenvalue weighted by Gasteiger charge is -2.23. The van der Waals surface area contributed by atoms with Gasteiger partial charge in [0.25, 0.3) is 0 Å². The van der Waals surface area contributed by atoms with Crippen LogP contribution >= 0.6 is 0 Å². The molecule has 1 rings (SSSR count). The van der Waals surface area contributed by atoms with Gasteiger partial charge in [0.05, 0.1) is 0 Å². The number of hydrogen-bond donors (Lipinski definition) is 0. The molecule has 15 heavy (non-hydrogen) atoms. The highest BCUT2D eigenvalue weighted by atomic mass is 14.3. The first-order valence-electron chi connectivity index (χ1n) is 6.57. The predicted octanol–water partition coefficient (Wildman–Crippen LogP) is 5.51. The minimum atomic E-state index is 0.482. The largest absolute Gasteiger partial charge is 0.0877 e. The molecule has 1 saturated carbocycles. The maximum Gasteiger partial charge on any atom is -0.0143 e. The van der Waals surface area contributed by atoms with Crippen molar-refractivity contribution in [2.75, 3.05) is 0 Å². The topological polar surface area (TPSA) is 0 Å². The van der Waals surface area contributed by atoms with Crippen LogP contribution in [0.15, 0.2) is 24.3 Å². The van der Waals surface area contributed by atoms with E-state index in [-0.39, 0.29) is 0 Å². The van der Waals surface area contributed by atoms with Gasteiger partial charge in [0, 0.05) is 0 Å². The van der Waals surface area contributed by atoms with E-state index in [1.807, 2.05) is 13.8 Å². The Hall–Kier alpha value is -0.520. The fourth-order valence-corrected chi connectivity index (χ4v) is 2.10. The Morgan fingerprint density at radius 1 is 0.867 bits per heavy atom. The Balaban J connectivity index is 0.000000921. The molecule has 0 heterocycles. The maximum atomic E-state index is 2.40. The SMILES string of the molecule is C/C=C\C=C/C1(C)CCCCCC1.CC. The van der Waals surface area contributed by atoms with Crippen molar-refractivity contribution in [2.24, 2.45) is 5.41 Å². The lowest BCUT2D eigenvalue weighted by atomic mass is 9.82. The molecule has 1 aliphatic carbocycles. The Morgan fingerprint density at radius 3 is 1.87 bits per heavy atom. The van der Waals surface area contributed by atoms with Crippen molar-refractivity contribution in [3.63, 3.8) is 0 Å². The lowest BCUT2D eigenvalue weighted by molar-refractivity contribution is 0.368. The van der Waals surface area contributed by atoms with E-state index in [0.717, 1.165) is 0 Å². The molecule has 0 amide bonds. The minimum absolute atomic E-state index is 0.482. The molecule has 0 bridgehead atoms. The fourth-order valence-electron chi connectivity index (χ4n) is 2.10. The molecule has 0 unspecified atom stereocenters. The molecule has 0 N–H and O–H groups in total. The third kappa shape index (κ3) is 6.54. The van der Waals surface area contributed by atoms with Gasteiger partial charge in [-0.05, 0) is 25.2 Å². The van der Waals surface area contributed by atoms with Crippen LogP contribution in [0.25, 0.3) is 0 Å². The second kappa shape index (κ2) is 8.76. The summed E-state index contributed by atoms with van der Waals surface area (Å²) in [5, 5.41) is 0. The first-order valence-corrected chi connectivity index (χ1v) is 6.57. The summed E-state index contributed by atoms with van der Waals surface area (Å²) in [4.78, 5) is 0. The van der Waals surface area contributed by atoms with E-state index >= 15 is 0 Å². The number of allylic oxidation sites excluding steroid dienone is 4. The zero-order valence-corrected chi connectivity index (χ0v) is 11.1. The molecule has 0 spiro atoms. The molecular weight excluding hydrogens is 180 g/mol. The quantitative estimate of drug-likeness (QED) is 0.415. The summed E-state index contributed by atoms with van der Waals surface area (Å²) < 4.78 is 0. The van der Waals surface area contributed by atoms with E-state index in [1.165, 1.54) is 38.5 Å². The standard InChI is InChI=1S/C13H22.C2H6/c1-3-4-7-10-13(2)11-8-5-6-9-12-13;1-2/h3-4,7,10H,5-6,8-9,11-12H2,1-2H3;1-2H3/b4-3-,10-7-;. The molecule has 0 saturated heterocycles. The van der Waals surface area contributed by atoms with Crippen LogP contribution in [0.3, 0.4) is 0 Å². The van der Waals surface area contributed by atoms with Crippen molar-refractivity contribution in [1.82, 2.24) is 0 Å². The summed E-state index contributed by atoms with van der Waals surface area (Å²) in [6.07, 6.45) is 17.3. The van der Waals surface area contributed by atoms with E-state index in [4.69, 9.17) is 0 Å². The zero-order chi connectivity index (χ0) is 11.6. The van der Waals surface area contributed by atoms with Crippen LogP contribution in [-0.4, -0.2) is 0 Å². The smallest absolute Gasteiger partial charge is 0.0143 e. The van der Waals surface area contributed by atoms with E-state index in [9.17, 15) is 0 Å². The van der Waals surface area contributed by atoms with Gasteiger partial charge >= 0.3 is 0 Å². The Labute approximate surface area is 96.5 Å². The van der Waals surface area contributed by atoms with Crippen molar-refractivity contribution < 1.29 is 0 Å². The molecule has 0 nitrogen and oxygen atoms in total. The van der Waals surface area contributed by atoms with Crippen LogP contribution in [-0.2, 0) is 0 Å². The Morgan fingerprint density at radius 2 is 1.40 bits per heavy atom. The summed E-state index contributed by atoms with van der Waals surface area (Å²) in [5.74, 6) is 0. The van der Waals surface area contributed by atoms with Crippen LogP contribution in [0.1, 0.15) is 66.2 Å². The van der Waals surface area contributed by atoms with E-state index in [1.54, 1.807) is 0 Å². The van der Waals surface area contributed by atoms with Crippen LogP contribution in [0, 0.1) is 5.41 Å². The van der Waals surface area contributed by atoms with Gasteiger partial charge in [-0.1, -0.05) is 70.8 Å². The Bertz CT molecular complexity index is 178. The third-order valence-electron chi connectivity index (χ3n) is 3.05. The van der Waals surface area contributed by atoms with Crippen molar-refractivity contribution >= 4 is 0 Å². The molecule has 1 fully saturated rings. The van der Waals surface area contributed by atoms with Crippen molar-refractivity contribution in [3.8, 4) is 0 Å². The van der Waals surface area contributed by atoms with Crippen molar-refractivity contribution in [3.05, 3.63) is 24.3 Å². The van der Waals surface area contributed by atoms with Gasteiger partial charge in [-0.3, -0.25) is 0 Å². The van der Waals surface area contributed by atoms with Gasteiger partial charge in [0.15, 0.2) is 0 Å². The first-order chi connectivity index (χ1) is 7.27. The first kappa shape index (κ1) is 14.5. The van der Waals surface area contributed by atoms with Gasteiger partial charge in [-0.2, -0.15) is 0 Å². The maximum absolute atomic E-state index is 2.40. The van der Waals surface area contributed by atoms with E-state index in [2.05, 4.69) is 38.2 Å². The molecule has 0 aliphatic heterocycles. The number of hydrogen-bond acceptors (Lipinski definition) is 0. The molecule has 88 valence electrons. The predicted molar refractivity (Wildman–Crippen MR) is 71.1 cm³/mol. The number of rotatable bonds is 2. The fraction of sp³-hybridized carbons (Fsp3) is 0.733. The zero-order valence-electron chi connectivity index (χ0n) is 11.1. The molecule has 0 radical (unpaired) electrons.